The number of aliphatic hydroxyl groups is 1. The lowest BCUT2D eigenvalue weighted by Gasteiger charge is -2.21. The van der Waals surface area contributed by atoms with Crippen LogP contribution in [0.2, 0.25) is 0 Å². The van der Waals surface area contributed by atoms with Gasteiger partial charge in [-0.1, -0.05) is 329 Å². The molecule has 540 valence electrons. The van der Waals surface area contributed by atoms with Gasteiger partial charge in [-0.15, -0.1) is 0 Å². The van der Waals surface area contributed by atoms with Gasteiger partial charge >= 0.3 is 39.5 Å². The topological polar surface area (TPSA) is 237 Å². The molecule has 0 saturated carbocycles. The Bertz CT molecular complexity index is 1740. The number of hydrogen-bond acceptors (Lipinski definition) is 15. The lowest BCUT2D eigenvalue weighted by atomic mass is 10.0. The van der Waals surface area contributed by atoms with E-state index in [1.807, 2.05) is 0 Å². The Kier molecular flexibility index (Phi) is 65.2. The zero-order valence-electron chi connectivity index (χ0n) is 58.8. The third-order valence-electron chi connectivity index (χ3n) is 16.9. The molecule has 0 aliphatic rings. The molecule has 0 aliphatic carbocycles. The molecule has 0 saturated heterocycles. The highest BCUT2D eigenvalue weighted by molar-refractivity contribution is 7.47. The second kappa shape index (κ2) is 66.7. The predicted octanol–water partition coefficient (Wildman–Crippen LogP) is 21.1. The third-order valence-corrected chi connectivity index (χ3v) is 18.8. The number of ether oxygens (including phenoxy) is 4. The van der Waals surface area contributed by atoms with E-state index in [4.69, 9.17) is 37.0 Å². The normalized spacial score (nSPS) is 14.0. The summed E-state index contributed by atoms with van der Waals surface area (Å²) in [5.74, 6) is -2.13. The number of rotatable bonds is 73. The number of hydrogen-bond donors (Lipinski definition) is 3. The van der Waals surface area contributed by atoms with Crippen LogP contribution in [0, 0.1) is 0 Å². The lowest BCUT2D eigenvalue weighted by molar-refractivity contribution is -0.161. The van der Waals surface area contributed by atoms with Crippen molar-refractivity contribution < 1.29 is 80.2 Å². The summed E-state index contributed by atoms with van der Waals surface area (Å²) in [6.45, 7) is 4.87. The summed E-state index contributed by atoms with van der Waals surface area (Å²) >= 11 is 0. The first-order valence-electron chi connectivity index (χ1n) is 37.8. The first-order chi connectivity index (χ1) is 44.2. The summed E-state index contributed by atoms with van der Waals surface area (Å²) in [7, 11) is -9.89. The second-order valence-corrected chi connectivity index (χ2v) is 28.9. The van der Waals surface area contributed by atoms with Gasteiger partial charge in [-0.25, -0.2) is 9.13 Å². The van der Waals surface area contributed by atoms with Gasteiger partial charge in [0.2, 0.25) is 0 Å². The Morgan fingerprint density at radius 2 is 0.440 bits per heavy atom. The zero-order chi connectivity index (χ0) is 66.8. The number of carbonyl (C=O) groups excluding carboxylic acids is 4. The quantitative estimate of drug-likeness (QED) is 0.0222. The molecule has 0 spiro atoms. The molecule has 0 fully saturated rings. The van der Waals surface area contributed by atoms with E-state index in [1.165, 1.54) is 205 Å². The minimum atomic E-state index is -4.95. The molecule has 17 nitrogen and oxygen atoms in total. The van der Waals surface area contributed by atoms with Gasteiger partial charge in [0, 0.05) is 25.7 Å². The van der Waals surface area contributed by atoms with Gasteiger partial charge in [-0.3, -0.25) is 37.3 Å². The fourth-order valence-corrected chi connectivity index (χ4v) is 12.6. The van der Waals surface area contributed by atoms with Crippen LogP contribution in [0.3, 0.4) is 0 Å². The summed E-state index contributed by atoms with van der Waals surface area (Å²) in [6, 6.07) is 0. The molecular formula is C72H140O17P2. The zero-order valence-corrected chi connectivity index (χ0v) is 60.6. The molecule has 19 heteroatoms. The highest BCUT2D eigenvalue weighted by Crippen LogP contribution is 2.45. The van der Waals surface area contributed by atoms with Crippen LogP contribution in [0.5, 0.6) is 0 Å². The summed E-state index contributed by atoms with van der Waals surface area (Å²) in [5, 5.41) is 10.6. The van der Waals surface area contributed by atoms with Crippen LogP contribution in [0.4, 0.5) is 0 Å². The molecule has 0 heterocycles. The van der Waals surface area contributed by atoms with Gasteiger partial charge in [0.25, 0.3) is 0 Å². The fraction of sp³-hybridized carbons (Fsp3) is 0.944. The van der Waals surface area contributed by atoms with E-state index in [-0.39, 0.29) is 25.7 Å². The number of carbonyl (C=O) groups is 4. The molecular weight excluding hydrogens is 1200 g/mol. The van der Waals surface area contributed by atoms with E-state index < -0.39 is 97.5 Å². The fourth-order valence-electron chi connectivity index (χ4n) is 11.0. The number of phosphoric acid groups is 2. The van der Waals surface area contributed by atoms with Gasteiger partial charge in [0.15, 0.2) is 12.2 Å². The largest absolute Gasteiger partial charge is 0.472 e. The SMILES string of the molecule is CCCCCCCCCCCCCCCCCCCCCC(=O)O[C@H](COC(=O)CCCCCCCCCCCCCCCCCC)COP(=O)(O)OC[C@@H](O)COP(=O)(O)OC[C@@H](COC(=O)CCCCCCC)OC(=O)CCCCCCCCCCCCC. The summed E-state index contributed by atoms with van der Waals surface area (Å²) < 4.78 is 68.1. The van der Waals surface area contributed by atoms with Crippen molar-refractivity contribution in [3.63, 3.8) is 0 Å². The maximum atomic E-state index is 13.0. The summed E-state index contributed by atoms with van der Waals surface area (Å²) in [4.78, 5) is 72.3. The molecule has 0 aromatic carbocycles. The van der Waals surface area contributed by atoms with E-state index >= 15 is 0 Å². The van der Waals surface area contributed by atoms with E-state index in [0.29, 0.717) is 25.7 Å². The molecule has 0 radical (unpaired) electrons. The molecule has 0 rings (SSSR count). The van der Waals surface area contributed by atoms with Gasteiger partial charge in [-0.05, 0) is 25.7 Å². The average molecular weight is 1340 g/mol. The van der Waals surface area contributed by atoms with Crippen molar-refractivity contribution in [2.45, 2.75) is 399 Å². The maximum Gasteiger partial charge on any atom is 0.472 e. The monoisotopic (exact) mass is 1340 g/mol. The minimum Gasteiger partial charge on any atom is -0.462 e. The second-order valence-electron chi connectivity index (χ2n) is 26.0. The van der Waals surface area contributed by atoms with Gasteiger partial charge in [0.1, 0.15) is 19.3 Å². The summed E-state index contributed by atoms with van der Waals surface area (Å²) in [5.41, 5.74) is 0. The average Bonchev–Trinajstić information content (AvgIpc) is 3.74. The minimum absolute atomic E-state index is 0.107. The van der Waals surface area contributed by atoms with E-state index in [1.54, 1.807) is 0 Å². The van der Waals surface area contributed by atoms with Crippen molar-refractivity contribution in [1.82, 2.24) is 0 Å². The van der Waals surface area contributed by atoms with Crippen molar-refractivity contribution in [2.75, 3.05) is 39.6 Å². The third kappa shape index (κ3) is 66.5. The van der Waals surface area contributed by atoms with Crippen molar-refractivity contribution in [3.8, 4) is 0 Å². The Labute approximate surface area is 556 Å². The van der Waals surface area contributed by atoms with Gasteiger partial charge < -0.3 is 33.8 Å². The number of aliphatic hydroxyl groups excluding tert-OH is 1. The first kappa shape index (κ1) is 89.1. The Morgan fingerprint density at radius 3 is 0.648 bits per heavy atom. The molecule has 0 aromatic heterocycles. The number of phosphoric ester groups is 2. The smallest absolute Gasteiger partial charge is 0.462 e. The van der Waals surface area contributed by atoms with E-state index in [9.17, 15) is 43.2 Å². The van der Waals surface area contributed by atoms with Crippen LogP contribution >= 0.6 is 15.6 Å². The molecule has 3 N–H and O–H groups in total. The molecule has 0 bridgehead atoms. The van der Waals surface area contributed by atoms with Crippen LogP contribution in [0.25, 0.3) is 0 Å². The van der Waals surface area contributed by atoms with Gasteiger partial charge in [-0.2, -0.15) is 0 Å². The van der Waals surface area contributed by atoms with Gasteiger partial charge in [0.05, 0.1) is 26.4 Å². The highest BCUT2D eigenvalue weighted by Gasteiger charge is 2.30. The van der Waals surface area contributed by atoms with Crippen molar-refractivity contribution in [3.05, 3.63) is 0 Å². The van der Waals surface area contributed by atoms with E-state index in [2.05, 4.69) is 27.7 Å². The van der Waals surface area contributed by atoms with Crippen LogP contribution in [-0.4, -0.2) is 96.7 Å². The molecule has 0 aromatic rings. The number of unbranched alkanes of at least 4 members (excludes halogenated alkanes) is 47. The van der Waals surface area contributed by atoms with Crippen LogP contribution in [-0.2, 0) is 65.4 Å². The van der Waals surface area contributed by atoms with Crippen molar-refractivity contribution in [1.29, 1.82) is 0 Å². The molecule has 5 atom stereocenters. The van der Waals surface area contributed by atoms with E-state index in [0.717, 1.165) is 96.3 Å². The van der Waals surface area contributed by atoms with Crippen LogP contribution in [0.15, 0.2) is 0 Å². The maximum absolute atomic E-state index is 13.0. The molecule has 0 amide bonds. The summed E-state index contributed by atoms with van der Waals surface area (Å²) in [6.07, 6.45) is 55.9. The Hall–Kier alpha value is -1.94. The number of esters is 4. The van der Waals surface area contributed by atoms with Crippen molar-refractivity contribution in [2.24, 2.45) is 0 Å². The molecule has 91 heavy (non-hydrogen) atoms. The van der Waals surface area contributed by atoms with Crippen molar-refractivity contribution >= 4 is 39.5 Å². The predicted molar refractivity (Wildman–Crippen MR) is 368 cm³/mol. The standard InChI is InChI=1S/C72H140O17P2/c1-5-9-13-17-20-23-26-28-30-32-33-34-36-38-41-44-47-51-55-59-72(77)89-68(63-83-70(75)57-53-49-45-42-40-37-35-31-29-27-24-21-18-14-10-6-2)65-87-91(80,81)85-61-66(73)60-84-90(78,79)86-64-67(62-82-69(74)56-52-48-16-12-8-4)88-71(76)58-54-50-46-43-39-25-22-19-15-11-7-3/h66-68,73H,5-65H2,1-4H3,(H,78,79)(H,80,81)/t66-,67+,68+/m0/s1. The van der Waals surface area contributed by atoms with Crippen LogP contribution < -0.4 is 0 Å². The van der Waals surface area contributed by atoms with Crippen LogP contribution in [0.1, 0.15) is 381 Å². The Balaban J connectivity index is 5.13. The molecule has 0 aliphatic heterocycles. The Morgan fingerprint density at radius 1 is 0.264 bits per heavy atom. The lowest BCUT2D eigenvalue weighted by Crippen LogP contribution is -2.30. The first-order valence-corrected chi connectivity index (χ1v) is 40.8. The highest BCUT2D eigenvalue weighted by atomic mass is 31.2. The molecule has 2 unspecified atom stereocenters.